The Kier molecular flexibility index (Phi) is 6.57. The van der Waals surface area contributed by atoms with E-state index in [1.807, 2.05) is 49.9 Å². The van der Waals surface area contributed by atoms with Crippen molar-refractivity contribution in [3.63, 3.8) is 0 Å². The lowest BCUT2D eigenvalue weighted by Crippen LogP contribution is -2.52. The molecule has 1 aromatic rings. The predicted octanol–water partition coefficient (Wildman–Crippen LogP) is 3.62. The van der Waals surface area contributed by atoms with Gasteiger partial charge < -0.3 is 14.5 Å². The van der Waals surface area contributed by atoms with Crippen LogP contribution in [0.1, 0.15) is 20.8 Å². The van der Waals surface area contributed by atoms with Crippen molar-refractivity contribution < 1.29 is 14.3 Å². The van der Waals surface area contributed by atoms with Crippen LogP contribution >= 0.6 is 27.7 Å². The molecule has 0 N–H and O–H groups in total. The van der Waals surface area contributed by atoms with Crippen LogP contribution in [0, 0.1) is 0 Å². The van der Waals surface area contributed by atoms with E-state index >= 15 is 0 Å². The molecular weight excluding hydrogens is 392 g/mol. The van der Waals surface area contributed by atoms with Crippen molar-refractivity contribution in [3.05, 3.63) is 28.7 Å². The minimum absolute atomic E-state index is 0.0968. The highest BCUT2D eigenvalue weighted by atomic mass is 79.9. The van der Waals surface area contributed by atoms with E-state index < -0.39 is 5.60 Å². The fourth-order valence-corrected chi connectivity index (χ4v) is 3.73. The number of hydrogen-bond donors (Lipinski definition) is 0. The van der Waals surface area contributed by atoms with E-state index in [2.05, 4.69) is 15.9 Å². The number of halogens is 1. The van der Waals surface area contributed by atoms with Crippen LogP contribution < -0.4 is 0 Å². The summed E-state index contributed by atoms with van der Waals surface area (Å²) >= 11 is 5.01. The maximum Gasteiger partial charge on any atom is 0.410 e. The van der Waals surface area contributed by atoms with Gasteiger partial charge in [-0.1, -0.05) is 12.1 Å². The molecular formula is C17H23BrN2O3S. The molecule has 0 radical (unpaired) electrons. The van der Waals surface area contributed by atoms with Crippen LogP contribution in [0.25, 0.3) is 0 Å². The van der Waals surface area contributed by atoms with E-state index in [1.54, 1.807) is 4.90 Å². The number of rotatable bonds is 3. The van der Waals surface area contributed by atoms with Crippen molar-refractivity contribution in [2.24, 2.45) is 0 Å². The molecule has 0 saturated carbocycles. The SMILES string of the molecule is CC(C)(C)OC(=O)N1CCN(C(=O)CSc2ccccc2Br)CC1. The van der Waals surface area contributed by atoms with Crippen molar-refractivity contribution >= 4 is 39.7 Å². The Morgan fingerprint density at radius 1 is 1.12 bits per heavy atom. The standard InChI is InChI=1S/C17H23BrN2O3S/c1-17(2,3)23-16(22)20-10-8-19(9-11-20)15(21)12-24-14-7-5-4-6-13(14)18/h4-7H,8-12H2,1-3H3. The second-order valence-corrected chi connectivity index (χ2v) is 8.44. The molecule has 2 rings (SSSR count). The lowest BCUT2D eigenvalue weighted by molar-refractivity contribution is -0.130. The number of nitrogens with zero attached hydrogens (tertiary/aromatic N) is 2. The first-order valence-corrected chi connectivity index (χ1v) is 9.67. The van der Waals surface area contributed by atoms with Gasteiger partial charge in [0.2, 0.25) is 5.91 Å². The fourth-order valence-electron chi connectivity index (χ4n) is 2.26. The lowest BCUT2D eigenvalue weighted by atomic mass is 10.2. The summed E-state index contributed by atoms with van der Waals surface area (Å²) in [4.78, 5) is 28.9. The van der Waals surface area contributed by atoms with Gasteiger partial charge in [0.25, 0.3) is 0 Å². The van der Waals surface area contributed by atoms with E-state index in [4.69, 9.17) is 4.74 Å². The normalized spacial score (nSPS) is 15.3. The monoisotopic (exact) mass is 414 g/mol. The molecule has 1 heterocycles. The van der Waals surface area contributed by atoms with Crippen LogP contribution in [0.2, 0.25) is 0 Å². The smallest absolute Gasteiger partial charge is 0.410 e. The molecule has 0 spiro atoms. The minimum atomic E-state index is -0.496. The highest BCUT2D eigenvalue weighted by Crippen LogP contribution is 2.27. The Morgan fingerprint density at radius 2 is 1.71 bits per heavy atom. The molecule has 0 aliphatic carbocycles. The van der Waals surface area contributed by atoms with Crippen molar-refractivity contribution in [1.82, 2.24) is 9.80 Å². The highest BCUT2D eigenvalue weighted by molar-refractivity contribution is 9.10. The Bertz CT molecular complexity index is 596. The molecule has 0 aromatic heterocycles. The third kappa shape index (κ3) is 5.70. The number of piperazine rings is 1. The summed E-state index contributed by atoms with van der Waals surface area (Å²) in [7, 11) is 0. The van der Waals surface area contributed by atoms with Gasteiger partial charge in [0.15, 0.2) is 0 Å². The number of thioether (sulfide) groups is 1. The first kappa shape index (κ1) is 19.1. The summed E-state index contributed by atoms with van der Waals surface area (Å²) < 4.78 is 6.36. The van der Waals surface area contributed by atoms with Crippen molar-refractivity contribution in [2.75, 3.05) is 31.9 Å². The van der Waals surface area contributed by atoms with Gasteiger partial charge in [-0.2, -0.15) is 0 Å². The number of ether oxygens (including phenoxy) is 1. The molecule has 2 amide bonds. The largest absolute Gasteiger partial charge is 0.444 e. The van der Waals surface area contributed by atoms with Gasteiger partial charge in [0.05, 0.1) is 5.75 Å². The fraction of sp³-hybridized carbons (Fsp3) is 0.529. The third-order valence-corrected chi connectivity index (χ3v) is 5.48. The average Bonchev–Trinajstić information content (AvgIpc) is 2.52. The zero-order valence-electron chi connectivity index (χ0n) is 14.3. The van der Waals surface area contributed by atoms with Crippen LogP contribution in [0.5, 0.6) is 0 Å². The molecule has 1 fully saturated rings. The van der Waals surface area contributed by atoms with Crippen molar-refractivity contribution in [3.8, 4) is 0 Å². The van der Waals surface area contributed by atoms with Gasteiger partial charge in [0, 0.05) is 35.5 Å². The first-order valence-electron chi connectivity index (χ1n) is 7.89. The maximum atomic E-state index is 12.3. The molecule has 132 valence electrons. The van der Waals surface area contributed by atoms with Gasteiger partial charge in [-0.25, -0.2) is 4.79 Å². The molecule has 0 unspecified atom stereocenters. The molecule has 1 aliphatic heterocycles. The maximum absolute atomic E-state index is 12.3. The summed E-state index contributed by atoms with van der Waals surface area (Å²) in [6.07, 6.45) is -0.308. The van der Waals surface area contributed by atoms with E-state index in [0.29, 0.717) is 31.9 Å². The number of amides is 2. The van der Waals surface area contributed by atoms with Crippen LogP contribution in [0.15, 0.2) is 33.6 Å². The molecule has 5 nitrogen and oxygen atoms in total. The molecule has 1 saturated heterocycles. The summed E-state index contributed by atoms with van der Waals surface area (Å²) in [6.45, 7) is 7.68. The lowest BCUT2D eigenvalue weighted by Gasteiger charge is -2.35. The Balaban J connectivity index is 1.78. The molecule has 1 aliphatic rings. The van der Waals surface area contributed by atoms with Gasteiger partial charge in [-0.15, -0.1) is 11.8 Å². The van der Waals surface area contributed by atoms with Crippen LogP contribution in [-0.4, -0.2) is 59.3 Å². The van der Waals surface area contributed by atoms with E-state index in [9.17, 15) is 9.59 Å². The van der Waals surface area contributed by atoms with Crippen LogP contribution in [0.3, 0.4) is 0 Å². The second kappa shape index (κ2) is 8.25. The van der Waals surface area contributed by atoms with Crippen molar-refractivity contribution in [1.29, 1.82) is 0 Å². The average molecular weight is 415 g/mol. The zero-order valence-corrected chi connectivity index (χ0v) is 16.7. The second-order valence-electron chi connectivity index (χ2n) is 6.57. The Labute approximate surface area is 155 Å². The highest BCUT2D eigenvalue weighted by Gasteiger charge is 2.27. The Hall–Kier alpha value is -1.21. The summed E-state index contributed by atoms with van der Waals surface area (Å²) in [5.74, 6) is 0.495. The third-order valence-electron chi connectivity index (χ3n) is 3.47. The predicted molar refractivity (Wildman–Crippen MR) is 99.3 cm³/mol. The molecule has 0 bridgehead atoms. The van der Waals surface area contributed by atoms with E-state index in [1.165, 1.54) is 11.8 Å². The quantitative estimate of drug-likeness (QED) is 0.708. The number of carbonyl (C=O) groups excluding carboxylic acids is 2. The van der Waals surface area contributed by atoms with Gasteiger partial charge in [-0.3, -0.25) is 4.79 Å². The summed E-state index contributed by atoms with van der Waals surface area (Å²) in [6, 6.07) is 7.86. The van der Waals surface area contributed by atoms with Crippen LogP contribution in [0.4, 0.5) is 4.79 Å². The summed E-state index contributed by atoms with van der Waals surface area (Å²) in [5.41, 5.74) is -0.496. The topological polar surface area (TPSA) is 49.9 Å². The molecule has 1 aromatic carbocycles. The van der Waals surface area contributed by atoms with E-state index in [0.717, 1.165) is 9.37 Å². The minimum Gasteiger partial charge on any atom is -0.444 e. The van der Waals surface area contributed by atoms with Gasteiger partial charge in [0.1, 0.15) is 5.60 Å². The molecule has 24 heavy (non-hydrogen) atoms. The van der Waals surface area contributed by atoms with Gasteiger partial charge >= 0.3 is 6.09 Å². The first-order chi connectivity index (χ1) is 11.3. The van der Waals surface area contributed by atoms with Gasteiger partial charge in [-0.05, 0) is 48.8 Å². The number of carbonyl (C=O) groups is 2. The Morgan fingerprint density at radius 3 is 2.29 bits per heavy atom. The van der Waals surface area contributed by atoms with Crippen molar-refractivity contribution in [2.45, 2.75) is 31.3 Å². The molecule has 0 atom stereocenters. The zero-order chi connectivity index (χ0) is 17.7. The van der Waals surface area contributed by atoms with Crippen LogP contribution in [-0.2, 0) is 9.53 Å². The number of hydrogen-bond acceptors (Lipinski definition) is 4. The number of benzene rings is 1. The van der Waals surface area contributed by atoms with E-state index in [-0.39, 0.29) is 12.0 Å². The summed E-state index contributed by atoms with van der Waals surface area (Å²) in [5, 5.41) is 0. The molecule has 7 heteroatoms.